The Balaban J connectivity index is 2.99. The van der Waals surface area contributed by atoms with Crippen molar-refractivity contribution >= 4 is 5.78 Å². The minimum absolute atomic E-state index is 0.0924. The fourth-order valence-electron chi connectivity index (χ4n) is 1.37. The Bertz CT molecular complexity index is 265. The molecule has 0 radical (unpaired) electrons. The van der Waals surface area contributed by atoms with Gasteiger partial charge in [0.05, 0.1) is 0 Å². The third-order valence-electron chi connectivity index (χ3n) is 1.97. The Kier molecular flexibility index (Phi) is 2.36. The number of hydrogen-bond acceptors (Lipinski definition) is 2. The third kappa shape index (κ3) is 1.84. The molecule has 1 aliphatic rings. The second-order valence-electron chi connectivity index (χ2n) is 2.93. The monoisotopic (exact) mass is 194 g/mol. The van der Waals surface area contributed by atoms with E-state index < -0.39 is 24.5 Å². The van der Waals surface area contributed by atoms with Crippen LogP contribution in [-0.2, 0) is 9.53 Å². The van der Waals surface area contributed by atoms with Gasteiger partial charge in [0.1, 0.15) is 18.3 Å². The van der Waals surface area contributed by atoms with Crippen molar-refractivity contribution in [3.05, 3.63) is 11.3 Å². The minimum atomic E-state index is -4.39. The summed E-state index contributed by atoms with van der Waals surface area (Å²) in [7, 11) is 0. The van der Waals surface area contributed by atoms with E-state index in [0.29, 0.717) is 0 Å². The van der Waals surface area contributed by atoms with Gasteiger partial charge in [0, 0.05) is 5.57 Å². The zero-order valence-corrected chi connectivity index (χ0v) is 7.23. The lowest BCUT2D eigenvalue weighted by molar-refractivity contribution is -0.169. The van der Waals surface area contributed by atoms with Crippen LogP contribution in [0, 0.1) is 5.92 Å². The van der Waals surface area contributed by atoms with Crippen molar-refractivity contribution in [1.29, 1.82) is 0 Å². The zero-order chi connectivity index (χ0) is 10.2. The summed E-state index contributed by atoms with van der Waals surface area (Å²) in [6.45, 7) is 2.03. The van der Waals surface area contributed by atoms with E-state index in [4.69, 9.17) is 4.74 Å². The van der Waals surface area contributed by atoms with Crippen molar-refractivity contribution in [2.24, 2.45) is 5.92 Å². The van der Waals surface area contributed by atoms with Gasteiger partial charge >= 0.3 is 6.18 Å². The first kappa shape index (κ1) is 10.1. The number of Topliss-reactive ketones (excluding diaryl/α,β-unsaturated/α-hetero) is 1. The van der Waals surface area contributed by atoms with Gasteiger partial charge in [-0.15, -0.1) is 0 Å². The number of ketones is 1. The maximum Gasteiger partial charge on any atom is 0.399 e. The highest BCUT2D eigenvalue weighted by atomic mass is 19.4. The highest BCUT2D eigenvalue weighted by molar-refractivity contribution is 5.94. The topological polar surface area (TPSA) is 26.3 Å². The van der Waals surface area contributed by atoms with Gasteiger partial charge in [0.25, 0.3) is 0 Å². The summed E-state index contributed by atoms with van der Waals surface area (Å²) < 4.78 is 41.5. The molecule has 0 aliphatic carbocycles. The van der Waals surface area contributed by atoms with Gasteiger partial charge in [0.2, 0.25) is 0 Å². The van der Waals surface area contributed by atoms with E-state index in [1.165, 1.54) is 6.92 Å². The summed E-state index contributed by atoms with van der Waals surface area (Å²) >= 11 is 0. The van der Waals surface area contributed by atoms with Crippen LogP contribution in [0.3, 0.4) is 0 Å². The molecule has 0 aromatic rings. The second-order valence-corrected chi connectivity index (χ2v) is 2.93. The number of ether oxygens (including phenoxy) is 1. The number of carbonyl (C=O) groups is 1. The normalized spacial score (nSPS) is 23.3. The Morgan fingerprint density at radius 3 is 2.38 bits per heavy atom. The molecule has 0 amide bonds. The van der Waals surface area contributed by atoms with Crippen molar-refractivity contribution in [3.8, 4) is 0 Å². The number of hydrogen-bond donors (Lipinski definition) is 0. The molecule has 5 heteroatoms. The Morgan fingerprint density at radius 2 is 2.08 bits per heavy atom. The molecule has 1 aliphatic heterocycles. The highest BCUT2D eigenvalue weighted by Gasteiger charge is 2.47. The van der Waals surface area contributed by atoms with E-state index >= 15 is 0 Å². The quantitative estimate of drug-likeness (QED) is 0.638. The van der Waals surface area contributed by atoms with Crippen LogP contribution in [0.4, 0.5) is 13.2 Å². The average molecular weight is 194 g/mol. The molecule has 0 aromatic heterocycles. The van der Waals surface area contributed by atoms with Gasteiger partial charge in [-0.3, -0.25) is 4.79 Å². The fourth-order valence-corrected chi connectivity index (χ4v) is 1.37. The first-order valence-electron chi connectivity index (χ1n) is 3.75. The van der Waals surface area contributed by atoms with Crippen LogP contribution in [-0.4, -0.2) is 18.6 Å². The van der Waals surface area contributed by atoms with Crippen molar-refractivity contribution in [3.63, 3.8) is 0 Å². The van der Waals surface area contributed by atoms with Crippen molar-refractivity contribution in [2.75, 3.05) is 6.61 Å². The molecule has 74 valence electrons. The van der Waals surface area contributed by atoms with E-state index in [-0.39, 0.29) is 11.3 Å². The smallest absolute Gasteiger partial charge is 0.399 e. The molecule has 1 atom stereocenters. The molecule has 0 fully saturated rings. The molecular weight excluding hydrogens is 185 g/mol. The van der Waals surface area contributed by atoms with Gasteiger partial charge in [-0.25, -0.2) is 0 Å². The summed E-state index contributed by atoms with van der Waals surface area (Å²) in [6.07, 6.45) is -4.39. The van der Waals surface area contributed by atoms with Crippen LogP contribution in [0.5, 0.6) is 0 Å². The maximum atomic E-state index is 12.3. The lowest BCUT2D eigenvalue weighted by Gasteiger charge is -2.14. The van der Waals surface area contributed by atoms with E-state index in [1.807, 2.05) is 0 Å². The second kappa shape index (κ2) is 3.05. The SMILES string of the molecule is CC(=O)C1=C(C)OCC1C(F)(F)F. The first-order valence-corrected chi connectivity index (χ1v) is 3.75. The number of carbonyl (C=O) groups excluding carboxylic acids is 1. The van der Waals surface area contributed by atoms with Crippen LogP contribution in [0.15, 0.2) is 11.3 Å². The Morgan fingerprint density at radius 1 is 1.54 bits per heavy atom. The molecule has 1 unspecified atom stereocenters. The number of allylic oxidation sites excluding steroid dienone is 1. The molecule has 0 saturated heterocycles. The van der Waals surface area contributed by atoms with E-state index in [0.717, 1.165) is 6.92 Å². The molecule has 2 nitrogen and oxygen atoms in total. The lowest BCUT2D eigenvalue weighted by atomic mass is 9.97. The Hall–Kier alpha value is -1.00. The molecule has 0 spiro atoms. The summed E-state index contributed by atoms with van der Waals surface area (Å²) in [5, 5.41) is 0. The van der Waals surface area contributed by atoms with E-state index in [9.17, 15) is 18.0 Å². The summed E-state index contributed by atoms with van der Waals surface area (Å²) in [5.41, 5.74) is -0.243. The number of halogens is 3. The van der Waals surface area contributed by atoms with Gasteiger partial charge < -0.3 is 4.74 Å². The van der Waals surface area contributed by atoms with Crippen LogP contribution in [0.25, 0.3) is 0 Å². The van der Waals surface area contributed by atoms with Gasteiger partial charge in [0.15, 0.2) is 5.78 Å². The Labute approximate surface area is 73.4 Å². The van der Waals surface area contributed by atoms with E-state index in [1.54, 1.807) is 0 Å². The summed E-state index contributed by atoms with van der Waals surface area (Å²) in [5.74, 6) is -2.22. The van der Waals surface area contributed by atoms with Crippen LogP contribution < -0.4 is 0 Å². The van der Waals surface area contributed by atoms with E-state index in [2.05, 4.69) is 0 Å². The third-order valence-corrected chi connectivity index (χ3v) is 1.97. The molecule has 0 N–H and O–H groups in total. The largest absolute Gasteiger partial charge is 0.497 e. The fraction of sp³-hybridized carbons (Fsp3) is 0.625. The molecule has 1 rings (SSSR count). The van der Waals surface area contributed by atoms with Crippen molar-refractivity contribution in [2.45, 2.75) is 20.0 Å². The molecule has 1 heterocycles. The van der Waals surface area contributed by atoms with Crippen LogP contribution >= 0.6 is 0 Å². The molecule has 13 heavy (non-hydrogen) atoms. The minimum Gasteiger partial charge on any atom is -0.497 e. The molecular formula is C8H9F3O2. The number of alkyl halides is 3. The maximum absolute atomic E-state index is 12.3. The highest BCUT2D eigenvalue weighted by Crippen LogP contribution is 2.38. The van der Waals surface area contributed by atoms with Gasteiger partial charge in [-0.05, 0) is 13.8 Å². The predicted octanol–water partition coefficient (Wildman–Crippen LogP) is 2.06. The first-order chi connectivity index (χ1) is 5.84. The number of rotatable bonds is 1. The summed E-state index contributed by atoms with van der Waals surface area (Å²) in [4.78, 5) is 10.9. The molecule has 0 saturated carbocycles. The predicted molar refractivity (Wildman–Crippen MR) is 38.9 cm³/mol. The van der Waals surface area contributed by atoms with Crippen molar-refractivity contribution in [1.82, 2.24) is 0 Å². The van der Waals surface area contributed by atoms with Crippen molar-refractivity contribution < 1.29 is 22.7 Å². The lowest BCUT2D eigenvalue weighted by Crippen LogP contribution is -2.27. The standard InChI is InChI=1S/C8H9F3O2/c1-4(12)7-5(2)13-3-6(7)8(9,10)11/h6H,3H2,1-2H3. The van der Waals surface area contributed by atoms with Crippen LogP contribution in [0.1, 0.15) is 13.8 Å². The zero-order valence-electron chi connectivity index (χ0n) is 7.23. The van der Waals surface area contributed by atoms with Gasteiger partial charge in [-0.2, -0.15) is 13.2 Å². The van der Waals surface area contributed by atoms with Gasteiger partial charge in [-0.1, -0.05) is 0 Å². The molecule has 0 aromatic carbocycles. The average Bonchev–Trinajstić information content (AvgIpc) is 2.28. The molecule has 0 bridgehead atoms. The van der Waals surface area contributed by atoms with Crippen LogP contribution in [0.2, 0.25) is 0 Å². The summed E-state index contributed by atoms with van der Waals surface area (Å²) in [6, 6.07) is 0.